The summed E-state index contributed by atoms with van der Waals surface area (Å²) in [5, 5.41) is 5.93. The van der Waals surface area contributed by atoms with Gasteiger partial charge in [-0.15, -0.1) is 0 Å². The lowest BCUT2D eigenvalue weighted by Gasteiger charge is -2.10. The molecule has 2 rings (SSSR count). The molecule has 130 valence electrons. The zero-order valence-corrected chi connectivity index (χ0v) is 14.2. The molecule has 7 heteroatoms. The van der Waals surface area contributed by atoms with Gasteiger partial charge in [0.15, 0.2) is 0 Å². The number of carbonyl (C=O) groups is 3. The van der Waals surface area contributed by atoms with Gasteiger partial charge in [-0.1, -0.05) is 29.8 Å². The Morgan fingerprint density at radius 1 is 1.00 bits per heavy atom. The van der Waals surface area contributed by atoms with Crippen LogP contribution in [-0.4, -0.2) is 24.3 Å². The Bertz CT molecular complexity index is 775. The minimum absolute atomic E-state index is 0.0454. The second kappa shape index (κ2) is 8.84. The number of nitrogens with one attached hydrogen (secondary N) is 2. The summed E-state index contributed by atoms with van der Waals surface area (Å²) in [5.41, 5.74) is 6.85. The second-order valence-electron chi connectivity index (χ2n) is 5.36. The third kappa shape index (κ3) is 5.93. The van der Waals surface area contributed by atoms with E-state index in [0.29, 0.717) is 21.8 Å². The molecule has 0 bridgehead atoms. The number of hydrogen-bond donors (Lipinski definition) is 3. The molecule has 25 heavy (non-hydrogen) atoms. The summed E-state index contributed by atoms with van der Waals surface area (Å²) in [6.07, 6.45) is 0.147. The first-order chi connectivity index (χ1) is 12.0. The van der Waals surface area contributed by atoms with E-state index in [1.807, 2.05) is 0 Å². The van der Waals surface area contributed by atoms with Crippen LogP contribution in [0.2, 0.25) is 5.02 Å². The predicted octanol–water partition coefficient (Wildman–Crippen LogP) is 2.13. The number of primary amides is 1. The van der Waals surface area contributed by atoms with Crippen molar-refractivity contribution in [1.29, 1.82) is 0 Å². The molecular weight excluding hydrogens is 342 g/mol. The van der Waals surface area contributed by atoms with Crippen LogP contribution in [0, 0.1) is 0 Å². The van der Waals surface area contributed by atoms with Gasteiger partial charge in [-0.3, -0.25) is 14.4 Å². The normalized spacial score (nSPS) is 10.1. The molecule has 0 unspecified atom stereocenters. The maximum atomic E-state index is 12.0. The van der Waals surface area contributed by atoms with Gasteiger partial charge >= 0.3 is 0 Å². The Labute approximate surface area is 150 Å². The summed E-state index contributed by atoms with van der Waals surface area (Å²) >= 11 is 5.77. The Kier molecular flexibility index (Phi) is 6.54. The van der Waals surface area contributed by atoms with Crippen LogP contribution in [0.1, 0.15) is 22.3 Å². The topological polar surface area (TPSA) is 101 Å². The molecule has 0 spiro atoms. The summed E-state index contributed by atoms with van der Waals surface area (Å²) in [4.78, 5) is 35.0. The Balaban J connectivity index is 1.84. The first-order valence-electron chi connectivity index (χ1n) is 7.65. The maximum Gasteiger partial charge on any atom is 0.251 e. The molecule has 0 saturated carbocycles. The number of rotatable bonds is 7. The highest BCUT2D eigenvalue weighted by molar-refractivity contribution is 6.30. The highest BCUT2D eigenvalue weighted by Gasteiger charge is 2.10. The van der Waals surface area contributed by atoms with Crippen molar-refractivity contribution >= 4 is 35.0 Å². The number of para-hydroxylation sites is 1. The molecule has 0 saturated heterocycles. The quantitative estimate of drug-likeness (QED) is 0.705. The molecule has 0 atom stereocenters. The Hall–Kier alpha value is -2.86. The van der Waals surface area contributed by atoms with E-state index in [-0.39, 0.29) is 31.2 Å². The van der Waals surface area contributed by atoms with Gasteiger partial charge in [-0.05, 0) is 35.9 Å². The largest absolute Gasteiger partial charge is 0.369 e. The fourth-order valence-electron chi connectivity index (χ4n) is 2.19. The van der Waals surface area contributed by atoms with E-state index >= 15 is 0 Å². The molecule has 0 radical (unpaired) electrons. The van der Waals surface area contributed by atoms with Gasteiger partial charge in [0, 0.05) is 29.2 Å². The van der Waals surface area contributed by atoms with Gasteiger partial charge in [-0.2, -0.15) is 0 Å². The van der Waals surface area contributed by atoms with Gasteiger partial charge < -0.3 is 16.4 Å². The number of halogens is 1. The fraction of sp³-hybridized carbons (Fsp3) is 0.167. The van der Waals surface area contributed by atoms with Gasteiger partial charge in [0.05, 0.1) is 6.42 Å². The molecule has 0 aliphatic heterocycles. The molecule has 3 amide bonds. The number of benzene rings is 2. The van der Waals surface area contributed by atoms with Crippen molar-refractivity contribution < 1.29 is 14.4 Å². The lowest BCUT2D eigenvalue weighted by Crippen LogP contribution is -2.27. The van der Waals surface area contributed by atoms with E-state index in [4.69, 9.17) is 17.3 Å². The lowest BCUT2D eigenvalue weighted by atomic mass is 10.1. The third-order valence-electron chi connectivity index (χ3n) is 3.40. The minimum atomic E-state index is -0.475. The highest BCUT2D eigenvalue weighted by atomic mass is 35.5. The van der Waals surface area contributed by atoms with E-state index in [1.165, 1.54) is 0 Å². The molecule has 2 aromatic rings. The van der Waals surface area contributed by atoms with Crippen molar-refractivity contribution in [3.8, 4) is 0 Å². The molecule has 0 aliphatic carbocycles. The summed E-state index contributed by atoms with van der Waals surface area (Å²) in [7, 11) is 0. The molecule has 0 fully saturated rings. The summed E-state index contributed by atoms with van der Waals surface area (Å²) in [6.45, 7) is 0.186. The standard InChI is InChI=1S/C18H18ClN3O3/c19-14-7-5-12(6-8-14)18(25)21-10-9-17(24)22-15-4-2-1-3-13(15)11-16(20)23/h1-8H,9-11H2,(H2,20,23)(H,21,25)(H,22,24). The van der Waals surface area contributed by atoms with Crippen LogP contribution in [-0.2, 0) is 16.0 Å². The second-order valence-corrected chi connectivity index (χ2v) is 5.80. The smallest absolute Gasteiger partial charge is 0.251 e. The van der Waals surface area contributed by atoms with Gasteiger partial charge in [0.25, 0.3) is 5.91 Å². The minimum Gasteiger partial charge on any atom is -0.369 e. The van der Waals surface area contributed by atoms with Crippen LogP contribution in [0.3, 0.4) is 0 Å². The number of anilines is 1. The van der Waals surface area contributed by atoms with Crippen molar-refractivity contribution in [2.75, 3.05) is 11.9 Å². The van der Waals surface area contributed by atoms with Crippen molar-refractivity contribution in [2.45, 2.75) is 12.8 Å². The van der Waals surface area contributed by atoms with Crippen LogP contribution >= 0.6 is 11.6 Å². The molecule has 0 heterocycles. The molecule has 0 aromatic heterocycles. The monoisotopic (exact) mass is 359 g/mol. The number of carbonyl (C=O) groups excluding carboxylic acids is 3. The van der Waals surface area contributed by atoms with E-state index < -0.39 is 5.91 Å². The first-order valence-corrected chi connectivity index (χ1v) is 8.03. The van der Waals surface area contributed by atoms with Gasteiger partial charge in [0.1, 0.15) is 0 Å². The zero-order valence-electron chi connectivity index (χ0n) is 13.4. The first kappa shape index (κ1) is 18.5. The molecule has 4 N–H and O–H groups in total. The van der Waals surface area contributed by atoms with Crippen LogP contribution in [0.4, 0.5) is 5.69 Å². The Morgan fingerprint density at radius 3 is 2.36 bits per heavy atom. The zero-order chi connectivity index (χ0) is 18.2. The van der Waals surface area contributed by atoms with E-state index in [0.717, 1.165) is 0 Å². The molecular formula is C18H18ClN3O3. The van der Waals surface area contributed by atoms with Crippen molar-refractivity contribution in [2.24, 2.45) is 5.73 Å². The van der Waals surface area contributed by atoms with Crippen LogP contribution in [0.25, 0.3) is 0 Å². The van der Waals surface area contributed by atoms with E-state index in [2.05, 4.69) is 10.6 Å². The lowest BCUT2D eigenvalue weighted by molar-refractivity contribution is -0.118. The highest BCUT2D eigenvalue weighted by Crippen LogP contribution is 2.15. The summed E-state index contributed by atoms with van der Waals surface area (Å²) in [6, 6.07) is 13.4. The summed E-state index contributed by atoms with van der Waals surface area (Å²) in [5.74, 6) is -1.02. The fourth-order valence-corrected chi connectivity index (χ4v) is 2.32. The molecule has 0 aliphatic rings. The van der Waals surface area contributed by atoms with Crippen molar-refractivity contribution in [3.05, 3.63) is 64.7 Å². The van der Waals surface area contributed by atoms with Crippen LogP contribution in [0.5, 0.6) is 0 Å². The Morgan fingerprint density at radius 2 is 1.68 bits per heavy atom. The van der Waals surface area contributed by atoms with E-state index in [1.54, 1.807) is 48.5 Å². The van der Waals surface area contributed by atoms with Crippen LogP contribution < -0.4 is 16.4 Å². The number of amides is 3. The molecule has 6 nitrogen and oxygen atoms in total. The van der Waals surface area contributed by atoms with Crippen molar-refractivity contribution in [3.63, 3.8) is 0 Å². The van der Waals surface area contributed by atoms with Gasteiger partial charge in [-0.25, -0.2) is 0 Å². The van der Waals surface area contributed by atoms with Crippen molar-refractivity contribution in [1.82, 2.24) is 5.32 Å². The van der Waals surface area contributed by atoms with E-state index in [9.17, 15) is 14.4 Å². The predicted molar refractivity (Wildman–Crippen MR) is 96.4 cm³/mol. The average molecular weight is 360 g/mol. The molecule has 2 aromatic carbocycles. The maximum absolute atomic E-state index is 12.0. The average Bonchev–Trinajstić information content (AvgIpc) is 2.56. The van der Waals surface area contributed by atoms with Gasteiger partial charge in [0.2, 0.25) is 11.8 Å². The SMILES string of the molecule is NC(=O)Cc1ccccc1NC(=O)CCNC(=O)c1ccc(Cl)cc1. The number of nitrogens with two attached hydrogens (primary N) is 1. The summed E-state index contributed by atoms with van der Waals surface area (Å²) < 4.78 is 0. The van der Waals surface area contributed by atoms with Crippen LogP contribution in [0.15, 0.2) is 48.5 Å². The third-order valence-corrected chi connectivity index (χ3v) is 3.65. The number of hydrogen-bond acceptors (Lipinski definition) is 3.